The van der Waals surface area contributed by atoms with Gasteiger partial charge in [-0.25, -0.2) is 0 Å². The number of aliphatic hydroxyl groups excluding tert-OH is 5. The second-order valence-corrected chi connectivity index (χ2v) is 8.01. The maximum Gasteiger partial charge on any atom is 0.306 e. The molecular formula is C24H40O7. The molecule has 0 aromatic heterocycles. The number of rotatable bonds is 14. The average Bonchev–Trinajstić information content (AvgIpc) is 2.76. The summed E-state index contributed by atoms with van der Waals surface area (Å²) < 4.78 is 5.04. The molecule has 0 aliphatic heterocycles. The standard InChI is InChI=1S/C24H40O7/c1-2-3-4-5-6-7-8-9-10-11-12-13-14-15-16-17-18(25)31-24-22(29)20(27)19(26)21(28)23(24)30/h3-4,6-7,9-10,19-24,26-30H,2,5,8,11-17H2,1H3/b4-3-,7-6-,10-9-/t19?,20-,21+,22-,23-,24?/m1/s1. The van der Waals surface area contributed by atoms with E-state index in [-0.39, 0.29) is 6.42 Å². The van der Waals surface area contributed by atoms with Gasteiger partial charge in [0.25, 0.3) is 0 Å². The van der Waals surface area contributed by atoms with E-state index in [1.807, 2.05) is 0 Å². The fourth-order valence-corrected chi connectivity index (χ4v) is 3.44. The predicted octanol–water partition coefficient (Wildman–Crippen LogP) is 2.31. The Morgan fingerprint density at radius 1 is 0.677 bits per heavy atom. The molecule has 0 bridgehead atoms. The molecule has 1 saturated carbocycles. The lowest BCUT2D eigenvalue weighted by atomic mass is 9.85. The number of esters is 1. The first-order valence-corrected chi connectivity index (χ1v) is 11.4. The van der Waals surface area contributed by atoms with Gasteiger partial charge in [-0.3, -0.25) is 4.79 Å². The van der Waals surface area contributed by atoms with Crippen LogP contribution in [0.1, 0.15) is 71.1 Å². The maximum absolute atomic E-state index is 11.9. The first kappa shape index (κ1) is 27.5. The average molecular weight is 441 g/mol. The topological polar surface area (TPSA) is 127 Å². The third kappa shape index (κ3) is 10.6. The van der Waals surface area contributed by atoms with Crippen LogP contribution in [0.25, 0.3) is 0 Å². The zero-order chi connectivity index (χ0) is 23.1. The Labute approximate surface area is 185 Å². The van der Waals surface area contributed by atoms with Gasteiger partial charge in [0.2, 0.25) is 0 Å². The van der Waals surface area contributed by atoms with E-state index < -0.39 is 42.6 Å². The van der Waals surface area contributed by atoms with Crippen molar-refractivity contribution in [1.82, 2.24) is 0 Å². The van der Waals surface area contributed by atoms with E-state index in [1.54, 1.807) is 0 Å². The van der Waals surface area contributed by atoms with Crippen LogP contribution in [0.3, 0.4) is 0 Å². The highest BCUT2D eigenvalue weighted by atomic mass is 16.6. The van der Waals surface area contributed by atoms with Crippen molar-refractivity contribution < 1.29 is 35.1 Å². The van der Waals surface area contributed by atoms with Crippen molar-refractivity contribution in [2.24, 2.45) is 0 Å². The van der Waals surface area contributed by atoms with Crippen molar-refractivity contribution in [3.63, 3.8) is 0 Å². The highest BCUT2D eigenvalue weighted by Gasteiger charge is 2.50. The number of carbonyl (C=O) groups is 1. The Kier molecular flexibility index (Phi) is 14.4. The lowest BCUT2D eigenvalue weighted by Gasteiger charge is -2.41. The van der Waals surface area contributed by atoms with Gasteiger partial charge in [0.05, 0.1) is 0 Å². The minimum Gasteiger partial charge on any atom is -0.457 e. The summed E-state index contributed by atoms with van der Waals surface area (Å²) in [7, 11) is 0. The molecule has 5 N–H and O–H groups in total. The number of hydrogen-bond donors (Lipinski definition) is 5. The molecular weight excluding hydrogens is 400 g/mol. The van der Waals surface area contributed by atoms with E-state index in [9.17, 15) is 30.3 Å². The van der Waals surface area contributed by atoms with Crippen LogP contribution in [0, 0.1) is 0 Å². The van der Waals surface area contributed by atoms with Gasteiger partial charge in [-0.2, -0.15) is 0 Å². The van der Waals surface area contributed by atoms with Crippen LogP contribution < -0.4 is 0 Å². The number of hydrogen-bond acceptors (Lipinski definition) is 7. The zero-order valence-corrected chi connectivity index (χ0v) is 18.6. The van der Waals surface area contributed by atoms with Crippen molar-refractivity contribution in [3.05, 3.63) is 36.5 Å². The minimum absolute atomic E-state index is 0.129. The minimum atomic E-state index is -1.70. The molecule has 31 heavy (non-hydrogen) atoms. The number of ether oxygens (including phenoxy) is 1. The van der Waals surface area contributed by atoms with E-state index >= 15 is 0 Å². The first-order valence-electron chi connectivity index (χ1n) is 11.4. The van der Waals surface area contributed by atoms with Crippen molar-refractivity contribution in [1.29, 1.82) is 0 Å². The molecule has 0 saturated heterocycles. The molecule has 1 aliphatic carbocycles. The summed E-state index contributed by atoms with van der Waals surface area (Å²) in [4.78, 5) is 11.9. The monoisotopic (exact) mass is 440 g/mol. The normalized spacial score (nSPS) is 29.4. The van der Waals surface area contributed by atoms with E-state index in [2.05, 4.69) is 43.4 Å². The maximum atomic E-state index is 11.9. The lowest BCUT2D eigenvalue weighted by molar-refractivity contribution is -0.233. The van der Waals surface area contributed by atoms with Gasteiger partial charge in [-0.05, 0) is 38.5 Å². The molecule has 6 atom stereocenters. The largest absolute Gasteiger partial charge is 0.457 e. The van der Waals surface area contributed by atoms with Crippen LogP contribution in [0.15, 0.2) is 36.5 Å². The summed E-state index contributed by atoms with van der Waals surface area (Å²) >= 11 is 0. The fraction of sp³-hybridized carbons (Fsp3) is 0.708. The Bertz CT molecular complexity index is 556. The van der Waals surface area contributed by atoms with E-state index in [4.69, 9.17) is 4.74 Å². The summed E-state index contributed by atoms with van der Waals surface area (Å²) in [5, 5.41) is 48.6. The van der Waals surface area contributed by atoms with Gasteiger partial charge in [0.15, 0.2) is 6.10 Å². The summed E-state index contributed by atoms with van der Waals surface area (Å²) in [6, 6.07) is 0. The van der Waals surface area contributed by atoms with Crippen molar-refractivity contribution in [2.45, 2.75) is 108 Å². The van der Waals surface area contributed by atoms with Gasteiger partial charge in [-0.1, -0.05) is 62.6 Å². The van der Waals surface area contributed by atoms with Crippen LogP contribution in [0.2, 0.25) is 0 Å². The molecule has 0 radical (unpaired) electrons. The second kappa shape index (κ2) is 16.2. The van der Waals surface area contributed by atoms with Gasteiger partial charge in [-0.15, -0.1) is 0 Å². The smallest absolute Gasteiger partial charge is 0.306 e. The Morgan fingerprint density at radius 2 is 1.16 bits per heavy atom. The number of carbonyl (C=O) groups excluding carboxylic acids is 1. The summed E-state index contributed by atoms with van der Waals surface area (Å²) in [5.74, 6) is -0.611. The Morgan fingerprint density at radius 3 is 1.77 bits per heavy atom. The van der Waals surface area contributed by atoms with Crippen LogP contribution in [-0.4, -0.2) is 68.1 Å². The molecule has 1 aliphatic rings. The first-order chi connectivity index (χ1) is 14.9. The lowest BCUT2D eigenvalue weighted by Crippen LogP contribution is -2.64. The summed E-state index contributed by atoms with van der Waals surface area (Å²) in [5.41, 5.74) is 0. The molecule has 0 aromatic carbocycles. The highest BCUT2D eigenvalue weighted by Crippen LogP contribution is 2.24. The Hall–Kier alpha value is -1.51. The van der Waals surface area contributed by atoms with Crippen molar-refractivity contribution in [2.75, 3.05) is 0 Å². The third-order valence-corrected chi connectivity index (χ3v) is 5.37. The fourth-order valence-electron chi connectivity index (χ4n) is 3.44. The SMILES string of the molecule is CC/C=C\C/C=C\C/C=C\CCCCCCCC(=O)OC1[C@H](O)[C@H](O)C(O)[C@H](O)[C@H]1O. The molecule has 1 rings (SSSR count). The van der Waals surface area contributed by atoms with Crippen LogP contribution in [0.4, 0.5) is 0 Å². The van der Waals surface area contributed by atoms with Crippen LogP contribution in [-0.2, 0) is 9.53 Å². The quantitative estimate of drug-likeness (QED) is 0.159. The molecule has 0 heterocycles. The third-order valence-electron chi connectivity index (χ3n) is 5.37. The van der Waals surface area contributed by atoms with E-state index in [0.717, 1.165) is 51.4 Å². The second-order valence-electron chi connectivity index (χ2n) is 8.01. The van der Waals surface area contributed by atoms with Gasteiger partial charge < -0.3 is 30.3 Å². The van der Waals surface area contributed by atoms with Crippen molar-refractivity contribution in [3.8, 4) is 0 Å². The Balaban J connectivity index is 2.07. The van der Waals surface area contributed by atoms with Gasteiger partial charge in [0, 0.05) is 6.42 Å². The molecule has 0 spiro atoms. The molecule has 0 aromatic rings. The molecule has 0 amide bonds. The van der Waals surface area contributed by atoms with Gasteiger partial charge in [0.1, 0.15) is 30.5 Å². The number of unbranched alkanes of at least 4 members (excludes halogenated alkanes) is 5. The molecule has 1 fully saturated rings. The number of aliphatic hydroxyl groups is 5. The number of allylic oxidation sites excluding steroid dienone is 6. The highest BCUT2D eigenvalue weighted by molar-refractivity contribution is 5.69. The molecule has 7 heteroatoms. The molecule has 2 unspecified atom stereocenters. The van der Waals surface area contributed by atoms with Gasteiger partial charge >= 0.3 is 5.97 Å². The molecule has 178 valence electrons. The van der Waals surface area contributed by atoms with Crippen molar-refractivity contribution >= 4 is 5.97 Å². The van der Waals surface area contributed by atoms with E-state index in [1.165, 1.54) is 0 Å². The van der Waals surface area contributed by atoms with Crippen LogP contribution >= 0.6 is 0 Å². The predicted molar refractivity (Wildman–Crippen MR) is 119 cm³/mol. The summed E-state index contributed by atoms with van der Waals surface area (Å²) in [6.07, 6.45) is 12.1. The van der Waals surface area contributed by atoms with E-state index in [0.29, 0.717) is 6.42 Å². The molecule has 7 nitrogen and oxygen atoms in total. The summed E-state index contributed by atoms with van der Waals surface area (Å²) in [6.45, 7) is 2.12. The van der Waals surface area contributed by atoms with Crippen LogP contribution in [0.5, 0.6) is 0 Å². The zero-order valence-electron chi connectivity index (χ0n) is 18.6.